The zero-order valence-electron chi connectivity index (χ0n) is 11.9. The first-order valence-corrected chi connectivity index (χ1v) is 7.47. The van der Waals surface area contributed by atoms with Crippen LogP contribution in [0.4, 0.5) is 5.82 Å². The van der Waals surface area contributed by atoms with E-state index < -0.39 is 10.0 Å². The number of rotatable bonds is 4. The van der Waals surface area contributed by atoms with Crippen LogP contribution in [-0.2, 0) is 23.6 Å². The summed E-state index contributed by atoms with van der Waals surface area (Å²) in [5.41, 5.74) is 7.04. The third kappa shape index (κ3) is 2.32. The summed E-state index contributed by atoms with van der Waals surface area (Å²) >= 11 is 0. The normalized spacial score (nSPS) is 12.2. The van der Waals surface area contributed by atoms with Crippen molar-refractivity contribution in [2.45, 2.75) is 25.3 Å². The quantitative estimate of drug-likeness (QED) is 0.910. The predicted octanol–water partition coefficient (Wildman–Crippen LogP) is 1.03. The second-order valence-corrected chi connectivity index (χ2v) is 6.67. The van der Waals surface area contributed by atoms with Crippen molar-refractivity contribution in [2.24, 2.45) is 7.05 Å². The SMILES string of the molecule is Cc1occc1CN(C)S(=O)(=O)c1c(N)nn(C)c1C. The number of nitrogens with two attached hydrogens (primary N) is 1. The van der Waals surface area contributed by atoms with E-state index in [-0.39, 0.29) is 17.3 Å². The van der Waals surface area contributed by atoms with Crippen LogP contribution < -0.4 is 5.73 Å². The Balaban J connectivity index is 2.37. The molecule has 0 saturated carbocycles. The van der Waals surface area contributed by atoms with Gasteiger partial charge >= 0.3 is 0 Å². The third-order valence-electron chi connectivity index (χ3n) is 3.33. The highest BCUT2D eigenvalue weighted by Crippen LogP contribution is 2.25. The maximum atomic E-state index is 12.6. The molecule has 2 rings (SSSR count). The first-order valence-electron chi connectivity index (χ1n) is 6.03. The Morgan fingerprint density at radius 1 is 1.45 bits per heavy atom. The number of nitrogens with zero attached hydrogens (tertiary/aromatic N) is 3. The molecule has 0 aliphatic heterocycles. The minimum Gasteiger partial charge on any atom is -0.469 e. The summed E-state index contributed by atoms with van der Waals surface area (Å²) in [7, 11) is -0.524. The minimum atomic E-state index is -3.69. The standard InChI is InChI=1S/C12H18N4O3S/c1-8-11(12(13)14-16(8)4)20(17,18)15(3)7-10-5-6-19-9(10)2/h5-6H,7H2,1-4H3,(H2,13,14). The molecule has 2 N–H and O–H groups in total. The maximum absolute atomic E-state index is 12.6. The van der Waals surface area contributed by atoms with Crippen LogP contribution in [0.3, 0.4) is 0 Å². The molecule has 0 amide bonds. The van der Waals surface area contributed by atoms with E-state index in [1.165, 1.54) is 22.3 Å². The van der Waals surface area contributed by atoms with Gasteiger partial charge in [0.1, 0.15) is 10.7 Å². The summed E-state index contributed by atoms with van der Waals surface area (Å²) in [6, 6.07) is 1.75. The highest BCUT2D eigenvalue weighted by molar-refractivity contribution is 7.89. The molecule has 0 saturated heterocycles. The molecular formula is C12H18N4O3S. The molecule has 0 atom stereocenters. The number of furan rings is 1. The zero-order chi connectivity index (χ0) is 15.1. The Kier molecular flexibility index (Phi) is 3.61. The Bertz CT molecular complexity index is 730. The van der Waals surface area contributed by atoms with Crippen LogP contribution in [0, 0.1) is 13.8 Å². The Morgan fingerprint density at radius 3 is 2.55 bits per heavy atom. The number of nitrogen functional groups attached to an aromatic ring is 1. The average Bonchev–Trinajstić information content (AvgIpc) is 2.84. The van der Waals surface area contributed by atoms with Crippen molar-refractivity contribution in [3.05, 3.63) is 29.3 Å². The number of anilines is 1. The number of hydrogen-bond donors (Lipinski definition) is 1. The van der Waals surface area contributed by atoms with Crippen LogP contribution in [0.5, 0.6) is 0 Å². The van der Waals surface area contributed by atoms with Gasteiger partial charge < -0.3 is 10.2 Å². The van der Waals surface area contributed by atoms with Gasteiger partial charge in [-0.05, 0) is 19.9 Å². The second kappa shape index (κ2) is 4.95. The van der Waals surface area contributed by atoms with E-state index in [1.54, 1.807) is 27.0 Å². The molecule has 7 nitrogen and oxygen atoms in total. The van der Waals surface area contributed by atoms with Crippen LogP contribution in [0.25, 0.3) is 0 Å². The third-order valence-corrected chi connectivity index (χ3v) is 5.30. The van der Waals surface area contributed by atoms with Crippen molar-refractivity contribution in [3.8, 4) is 0 Å². The lowest BCUT2D eigenvalue weighted by Gasteiger charge is -2.16. The van der Waals surface area contributed by atoms with Crippen molar-refractivity contribution < 1.29 is 12.8 Å². The van der Waals surface area contributed by atoms with Crippen molar-refractivity contribution in [1.82, 2.24) is 14.1 Å². The predicted molar refractivity (Wildman–Crippen MR) is 74.5 cm³/mol. The van der Waals surface area contributed by atoms with Gasteiger partial charge in [0.25, 0.3) is 0 Å². The molecule has 0 radical (unpaired) electrons. The molecule has 20 heavy (non-hydrogen) atoms. The van der Waals surface area contributed by atoms with Crippen molar-refractivity contribution >= 4 is 15.8 Å². The molecule has 0 fully saturated rings. The van der Waals surface area contributed by atoms with E-state index in [2.05, 4.69) is 5.10 Å². The fourth-order valence-electron chi connectivity index (χ4n) is 1.99. The summed E-state index contributed by atoms with van der Waals surface area (Å²) in [6.45, 7) is 3.69. The van der Waals surface area contributed by atoms with Crippen molar-refractivity contribution in [2.75, 3.05) is 12.8 Å². The summed E-state index contributed by atoms with van der Waals surface area (Å²) in [4.78, 5) is 0.0589. The fourth-order valence-corrected chi connectivity index (χ4v) is 3.42. The molecule has 0 aliphatic carbocycles. The largest absolute Gasteiger partial charge is 0.469 e. The molecule has 0 bridgehead atoms. The van der Waals surface area contributed by atoms with Gasteiger partial charge in [-0.2, -0.15) is 9.40 Å². The molecule has 8 heteroatoms. The van der Waals surface area contributed by atoms with E-state index >= 15 is 0 Å². The number of aryl methyl sites for hydroxylation is 2. The molecule has 110 valence electrons. The number of aromatic nitrogens is 2. The second-order valence-electron chi connectivity index (χ2n) is 4.69. The van der Waals surface area contributed by atoms with E-state index in [4.69, 9.17) is 10.2 Å². The van der Waals surface area contributed by atoms with Gasteiger partial charge in [-0.25, -0.2) is 8.42 Å². The van der Waals surface area contributed by atoms with Crippen LogP contribution >= 0.6 is 0 Å². The monoisotopic (exact) mass is 298 g/mol. The minimum absolute atomic E-state index is 0.0146. The van der Waals surface area contributed by atoms with E-state index in [1.807, 2.05) is 0 Å². The van der Waals surface area contributed by atoms with Crippen molar-refractivity contribution in [1.29, 1.82) is 0 Å². The molecule has 2 aromatic rings. The fraction of sp³-hybridized carbons (Fsp3) is 0.417. The Labute approximate surface area is 118 Å². The van der Waals surface area contributed by atoms with E-state index in [0.29, 0.717) is 11.5 Å². The van der Waals surface area contributed by atoms with Crippen LogP contribution in [0.1, 0.15) is 17.0 Å². The smallest absolute Gasteiger partial charge is 0.248 e. The maximum Gasteiger partial charge on any atom is 0.248 e. The molecule has 0 aromatic carbocycles. The molecule has 0 spiro atoms. The summed E-state index contributed by atoms with van der Waals surface area (Å²) < 4.78 is 33.0. The lowest BCUT2D eigenvalue weighted by molar-refractivity contribution is 0.458. The van der Waals surface area contributed by atoms with E-state index in [9.17, 15) is 8.42 Å². The van der Waals surface area contributed by atoms with Gasteiger partial charge in [-0.3, -0.25) is 4.68 Å². The summed E-state index contributed by atoms with van der Waals surface area (Å²) in [5.74, 6) is 0.712. The molecule has 2 heterocycles. The summed E-state index contributed by atoms with van der Waals surface area (Å²) in [5, 5.41) is 3.94. The molecular weight excluding hydrogens is 280 g/mol. The highest BCUT2D eigenvalue weighted by Gasteiger charge is 2.29. The highest BCUT2D eigenvalue weighted by atomic mass is 32.2. The lowest BCUT2D eigenvalue weighted by atomic mass is 10.3. The Morgan fingerprint density at radius 2 is 2.10 bits per heavy atom. The van der Waals surface area contributed by atoms with E-state index in [0.717, 1.165) is 5.56 Å². The van der Waals surface area contributed by atoms with Crippen LogP contribution in [-0.4, -0.2) is 29.6 Å². The lowest BCUT2D eigenvalue weighted by Crippen LogP contribution is -2.27. The van der Waals surface area contributed by atoms with Gasteiger partial charge in [0.15, 0.2) is 5.82 Å². The zero-order valence-corrected chi connectivity index (χ0v) is 12.7. The van der Waals surface area contributed by atoms with Gasteiger partial charge in [0.05, 0.1) is 12.0 Å². The molecule has 0 aliphatic rings. The number of sulfonamides is 1. The van der Waals surface area contributed by atoms with Crippen LogP contribution in [0.2, 0.25) is 0 Å². The number of hydrogen-bond acceptors (Lipinski definition) is 5. The van der Waals surface area contributed by atoms with Gasteiger partial charge in [-0.1, -0.05) is 0 Å². The molecule has 2 aromatic heterocycles. The average molecular weight is 298 g/mol. The van der Waals surface area contributed by atoms with Gasteiger partial charge in [-0.15, -0.1) is 0 Å². The van der Waals surface area contributed by atoms with Gasteiger partial charge in [0.2, 0.25) is 10.0 Å². The Hall–Kier alpha value is -1.80. The first-order chi connectivity index (χ1) is 9.25. The summed E-state index contributed by atoms with van der Waals surface area (Å²) in [6.07, 6.45) is 1.54. The first kappa shape index (κ1) is 14.6. The van der Waals surface area contributed by atoms with Gasteiger partial charge in [0, 0.05) is 26.2 Å². The van der Waals surface area contributed by atoms with Crippen molar-refractivity contribution in [3.63, 3.8) is 0 Å². The van der Waals surface area contributed by atoms with Crippen LogP contribution in [0.15, 0.2) is 21.6 Å². The molecule has 0 unspecified atom stereocenters. The topological polar surface area (TPSA) is 94.4 Å².